The molecule has 2 aromatic rings. The highest BCUT2D eigenvalue weighted by Gasteiger charge is 2.41. The maximum atomic E-state index is 13.3. The fourth-order valence-corrected chi connectivity index (χ4v) is 4.93. The summed E-state index contributed by atoms with van der Waals surface area (Å²) < 4.78 is 7.76. The van der Waals surface area contributed by atoms with Gasteiger partial charge >= 0.3 is 0 Å². The predicted molar refractivity (Wildman–Crippen MR) is 125 cm³/mol. The summed E-state index contributed by atoms with van der Waals surface area (Å²) in [5, 5.41) is 8.90. The molecule has 0 saturated heterocycles. The van der Waals surface area contributed by atoms with E-state index in [9.17, 15) is 4.79 Å². The molecule has 1 aromatic carbocycles. The van der Waals surface area contributed by atoms with Gasteiger partial charge in [0.1, 0.15) is 11.8 Å². The number of fused-ring (bicyclic) bond motifs is 1. The van der Waals surface area contributed by atoms with E-state index in [1.165, 1.54) is 12.8 Å². The molecule has 2 aliphatic rings. The van der Waals surface area contributed by atoms with E-state index in [-0.39, 0.29) is 17.2 Å². The van der Waals surface area contributed by atoms with E-state index >= 15 is 0 Å². The van der Waals surface area contributed by atoms with Crippen LogP contribution in [0.4, 0.5) is 5.95 Å². The lowest BCUT2D eigenvalue weighted by atomic mass is 9.73. The Balaban J connectivity index is 1.68. The highest BCUT2D eigenvalue weighted by atomic mass is 32.2. The summed E-state index contributed by atoms with van der Waals surface area (Å²) in [5.74, 6) is 2.66. The number of ketones is 1. The summed E-state index contributed by atoms with van der Waals surface area (Å²) >= 11 is 1.61. The minimum Gasteiger partial charge on any atom is -0.494 e. The first kappa shape index (κ1) is 21.9. The van der Waals surface area contributed by atoms with Crippen molar-refractivity contribution in [1.29, 1.82) is 0 Å². The Bertz CT molecular complexity index is 978. The zero-order valence-corrected chi connectivity index (χ0v) is 19.7. The van der Waals surface area contributed by atoms with E-state index in [0.29, 0.717) is 12.4 Å². The second kappa shape index (κ2) is 9.07. The number of nitrogens with one attached hydrogen (secondary N) is 1. The number of hydrogen-bond donors (Lipinski definition) is 1. The Labute approximate surface area is 188 Å². The molecule has 0 fully saturated rings. The molecule has 1 unspecified atom stereocenters. The normalized spacial score (nSPS) is 19.6. The molecule has 0 amide bonds. The van der Waals surface area contributed by atoms with Crippen molar-refractivity contribution in [3.05, 3.63) is 41.1 Å². The average molecular weight is 441 g/mol. The third kappa shape index (κ3) is 4.66. The van der Waals surface area contributed by atoms with E-state index in [0.717, 1.165) is 52.9 Å². The highest BCUT2D eigenvalue weighted by Crippen LogP contribution is 2.45. The minimum atomic E-state index is -0.261. The van der Waals surface area contributed by atoms with Crippen molar-refractivity contribution < 1.29 is 9.53 Å². The van der Waals surface area contributed by atoms with E-state index in [4.69, 9.17) is 9.84 Å². The van der Waals surface area contributed by atoms with Crippen molar-refractivity contribution in [3.8, 4) is 5.75 Å². The molecule has 0 bridgehead atoms. The van der Waals surface area contributed by atoms with Gasteiger partial charge in [-0.2, -0.15) is 4.98 Å². The van der Waals surface area contributed by atoms with Gasteiger partial charge in [0.15, 0.2) is 5.78 Å². The Morgan fingerprint density at radius 2 is 1.97 bits per heavy atom. The van der Waals surface area contributed by atoms with Crippen LogP contribution in [-0.2, 0) is 4.79 Å². The van der Waals surface area contributed by atoms with Crippen molar-refractivity contribution >= 4 is 23.5 Å². The number of hydrogen-bond acceptors (Lipinski definition) is 6. The molecule has 1 aromatic heterocycles. The van der Waals surface area contributed by atoms with Crippen LogP contribution in [0.1, 0.15) is 71.4 Å². The number of rotatable bonds is 8. The molecule has 1 aliphatic heterocycles. The van der Waals surface area contributed by atoms with Crippen molar-refractivity contribution in [2.24, 2.45) is 5.41 Å². The lowest BCUT2D eigenvalue weighted by Crippen LogP contribution is -2.36. The second-order valence-corrected chi connectivity index (χ2v) is 10.3. The number of anilines is 1. The molecule has 0 saturated carbocycles. The van der Waals surface area contributed by atoms with Gasteiger partial charge in [0.25, 0.3) is 0 Å². The summed E-state index contributed by atoms with van der Waals surface area (Å²) in [7, 11) is 0. The van der Waals surface area contributed by atoms with Crippen LogP contribution in [0.5, 0.6) is 5.75 Å². The van der Waals surface area contributed by atoms with Crippen LogP contribution in [0.15, 0.2) is 40.7 Å². The first-order chi connectivity index (χ1) is 14.9. The summed E-state index contributed by atoms with van der Waals surface area (Å²) in [6.45, 7) is 9.30. The van der Waals surface area contributed by atoms with Crippen LogP contribution in [0.25, 0.3) is 0 Å². The molecule has 31 heavy (non-hydrogen) atoms. The Hall–Kier alpha value is -2.28. The number of thioether (sulfide) groups is 1. The Morgan fingerprint density at radius 3 is 2.68 bits per heavy atom. The van der Waals surface area contributed by atoms with E-state index in [2.05, 4.69) is 50.1 Å². The number of allylic oxidation sites excluding steroid dienone is 2. The van der Waals surface area contributed by atoms with Crippen molar-refractivity contribution in [2.45, 2.75) is 71.0 Å². The van der Waals surface area contributed by atoms with Crippen LogP contribution >= 0.6 is 11.8 Å². The highest BCUT2D eigenvalue weighted by molar-refractivity contribution is 7.99. The number of ether oxygens (including phenoxy) is 1. The molecular formula is C24H32N4O2S. The van der Waals surface area contributed by atoms with Crippen LogP contribution in [0.3, 0.4) is 0 Å². The number of unbranched alkanes of at least 4 members (excludes halogenated alkanes) is 2. The van der Waals surface area contributed by atoms with Crippen LogP contribution in [-0.4, -0.2) is 32.9 Å². The van der Waals surface area contributed by atoms with Gasteiger partial charge in [-0.25, -0.2) is 4.68 Å². The lowest BCUT2D eigenvalue weighted by molar-refractivity contribution is -0.118. The van der Waals surface area contributed by atoms with Gasteiger partial charge in [0.2, 0.25) is 11.1 Å². The van der Waals surface area contributed by atoms with Crippen LogP contribution in [0.2, 0.25) is 0 Å². The molecule has 1 N–H and O–H groups in total. The second-order valence-electron chi connectivity index (χ2n) is 9.08. The van der Waals surface area contributed by atoms with Gasteiger partial charge in [-0.15, -0.1) is 5.10 Å². The summed E-state index contributed by atoms with van der Waals surface area (Å²) in [4.78, 5) is 17.9. The average Bonchev–Trinajstić information content (AvgIpc) is 3.11. The largest absolute Gasteiger partial charge is 0.494 e. The molecule has 7 heteroatoms. The third-order valence-corrected chi connectivity index (χ3v) is 6.52. The van der Waals surface area contributed by atoms with Crippen LogP contribution in [0, 0.1) is 5.41 Å². The number of carbonyl (C=O) groups excluding carboxylic acids is 1. The zero-order valence-electron chi connectivity index (χ0n) is 18.9. The Morgan fingerprint density at radius 1 is 1.19 bits per heavy atom. The fraction of sp³-hybridized carbons (Fsp3) is 0.542. The molecule has 1 aliphatic carbocycles. The molecule has 1 atom stereocenters. The van der Waals surface area contributed by atoms with E-state index in [1.807, 2.05) is 16.8 Å². The molecule has 6 nitrogen and oxygen atoms in total. The zero-order chi connectivity index (χ0) is 22.0. The lowest BCUT2D eigenvalue weighted by Gasteiger charge is -2.38. The van der Waals surface area contributed by atoms with Crippen molar-refractivity contribution in [3.63, 3.8) is 0 Å². The third-order valence-electron chi connectivity index (χ3n) is 5.80. The first-order valence-electron chi connectivity index (χ1n) is 11.3. The molecule has 2 heterocycles. The van der Waals surface area contributed by atoms with Gasteiger partial charge < -0.3 is 10.1 Å². The molecule has 166 valence electrons. The van der Waals surface area contributed by atoms with Gasteiger partial charge in [-0.05, 0) is 41.7 Å². The van der Waals surface area contributed by atoms with Crippen molar-refractivity contribution in [1.82, 2.24) is 14.8 Å². The van der Waals surface area contributed by atoms with E-state index in [1.54, 1.807) is 11.8 Å². The standard InChI is InChI=1S/C24H32N4O2S/c1-5-7-8-13-30-17-11-9-16(10-12-17)21-20-18(14-24(3,4)15-19(20)29)25-22-26-23(31-6-2)27-28(21)22/h9-12,21H,5-8,13-15H2,1-4H3,(H,25,26,27). The number of nitrogens with zero attached hydrogens (tertiary/aromatic N) is 3. The van der Waals surface area contributed by atoms with Gasteiger partial charge in [-0.1, -0.05) is 64.4 Å². The SMILES string of the molecule is CCCCCOc1ccc(C2C3=C(CC(C)(C)CC3=O)Nc3nc(SCC)nn32)cc1. The summed E-state index contributed by atoms with van der Waals surface area (Å²) in [6.07, 6.45) is 4.79. The molecular weight excluding hydrogens is 408 g/mol. The quantitative estimate of drug-likeness (QED) is 0.425. The maximum absolute atomic E-state index is 13.3. The first-order valence-corrected chi connectivity index (χ1v) is 12.3. The number of aromatic nitrogens is 3. The van der Waals surface area contributed by atoms with Gasteiger partial charge in [0.05, 0.1) is 6.61 Å². The fourth-order valence-electron chi connectivity index (χ4n) is 4.38. The molecule has 0 radical (unpaired) electrons. The minimum absolute atomic E-state index is 0.0627. The smallest absolute Gasteiger partial charge is 0.227 e. The number of carbonyl (C=O) groups is 1. The number of Topliss-reactive ketones (excluding diaryl/α,β-unsaturated/α-hetero) is 1. The van der Waals surface area contributed by atoms with Gasteiger partial charge in [0, 0.05) is 17.7 Å². The van der Waals surface area contributed by atoms with E-state index < -0.39 is 0 Å². The number of benzene rings is 1. The van der Waals surface area contributed by atoms with Gasteiger partial charge in [-0.3, -0.25) is 4.79 Å². The molecule has 4 rings (SSSR count). The van der Waals surface area contributed by atoms with Crippen molar-refractivity contribution in [2.75, 3.05) is 17.7 Å². The summed E-state index contributed by atoms with van der Waals surface area (Å²) in [5.41, 5.74) is 2.77. The topological polar surface area (TPSA) is 69.0 Å². The maximum Gasteiger partial charge on any atom is 0.227 e. The Kier molecular flexibility index (Phi) is 6.42. The van der Waals surface area contributed by atoms with Crippen LogP contribution < -0.4 is 10.1 Å². The monoisotopic (exact) mass is 440 g/mol. The summed E-state index contributed by atoms with van der Waals surface area (Å²) in [6, 6.07) is 7.85. The molecule has 0 spiro atoms. The predicted octanol–water partition coefficient (Wildman–Crippen LogP) is 5.62.